The maximum absolute atomic E-state index is 12.0. The topological polar surface area (TPSA) is 75.6 Å². The van der Waals surface area contributed by atoms with E-state index >= 15 is 0 Å². The van der Waals surface area contributed by atoms with Crippen molar-refractivity contribution in [2.45, 2.75) is 46.3 Å². The Kier molecular flexibility index (Phi) is 5.62. The fraction of sp³-hybridized carbons (Fsp3) is 0.500. The number of hydrogen-bond acceptors (Lipinski definition) is 3. The van der Waals surface area contributed by atoms with E-state index in [1.807, 2.05) is 0 Å². The molecule has 0 spiro atoms. The number of alkyl carbamates (subject to hydrolysis) is 1. The largest absolute Gasteiger partial charge is 0.481 e. The van der Waals surface area contributed by atoms with Crippen molar-refractivity contribution in [1.29, 1.82) is 0 Å². The fourth-order valence-electron chi connectivity index (χ4n) is 1.88. The van der Waals surface area contributed by atoms with E-state index in [-0.39, 0.29) is 0 Å². The minimum Gasteiger partial charge on any atom is -0.481 e. The lowest BCUT2D eigenvalue weighted by Gasteiger charge is -2.32. The number of halogens is 1. The van der Waals surface area contributed by atoms with Gasteiger partial charge in [0.05, 0.1) is 11.5 Å². The van der Waals surface area contributed by atoms with E-state index in [1.165, 1.54) is 0 Å². The van der Waals surface area contributed by atoms with Crippen molar-refractivity contribution in [3.63, 3.8) is 0 Å². The molecule has 0 heterocycles. The highest BCUT2D eigenvalue weighted by molar-refractivity contribution is 9.10. The van der Waals surface area contributed by atoms with E-state index in [0.717, 1.165) is 4.47 Å². The first-order valence-electron chi connectivity index (χ1n) is 6.92. The lowest BCUT2D eigenvalue weighted by molar-refractivity contribution is -0.148. The highest BCUT2D eigenvalue weighted by atomic mass is 79.9. The Balaban J connectivity index is 3.10. The normalized spacial score (nSPS) is 13.4. The third kappa shape index (κ3) is 5.02. The van der Waals surface area contributed by atoms with Gasteiger partial charge in [-0.25, -0.2) is 4.79 Å². The van der Waals surface area contributed by atoms with Gasteiger partial charge in [-0.2, -0.15) is 0 Å². The van der Waals surface area contributed by atoms with Crippen LogP contribution in [0.4, 0.5) is 4.79 Å². The van der Waals surface area contributed by atoms with Crippen molar-refractivity contribution in [2.24, 2.45) is 5.41 Å². The molecule has 22 heavy (non-hydrogen) atoms. The zero-order valence-corrected chi connectivity index (χ0v) is 15.0. The molecule has 0 bridgehead atoms. The maximum atomic E-state index is 12.0. The molecular weight excluding hydrogens is 350 g/mol. The van der Waals surface area contributed by atoms with Crippen molar-refractivity contribution >= 4 is 28.0 Å². The van der Waals surface area contributed by atoms with E-state index in [4.69, 9.17) is 4.74 Å². The predicted molar refractivity (Wildman–Crippen MR) is 87.7 cm³/mol. The molecule has 122 valence electrons. The van der Waals surface area contributed by atoms with E-state index in [2.05, 4.69) is 21.2 Å². The van der Waals surface area contributed by atoms with Crippen molar-refractivity contribution in [3.05, 3.63) is 34.3 Å². The average molecular weight is 372 g/mol. The molecule has 0 unspecified atom stereocenters. The lowest BCUT2D eigenvalue weighted by Crippen LogP contribution is -2.44. The molecule has 1 amide bonds. The summed E-state index contributed by atoms with van der Waals surface area (Å²) in [7, 11) is 0. The molecule has 0 saturated heterocycles. The summed E-state index contributed by atoms with van der Waals surface area (Å²) in [5, 5.41) is 12.1. The molecule has 1 rings (SSSR count). The van der Waals surface area contributed by atoms with Crippen LogP contribution in [0.25, 0.3) is 0 Å². The van der Waals surface area contributed by atoms with Crippen LogP contribution < -0.4 is 5.32 Å². The summed E-state index contributed by atoms with van der Waals surface area (Å²) in [5.41, 5.74) is -1.15. The first kappa shape index (κ1) is 18.5. The summed E-state index contributed by atoms with van der Waals surface area (Å²) in [6.45, 7) is 8.40. The average Bonchev–Trinajstić information content (AvgIpc) is 2.34. The van der Waals surface area contributed by atoms with Crippen LogP contribution in [0.5, 0.6) is 0 Å². The molecule has 0 radical (unpaired) electrons. The number of aliphatic carboxylic acids is 1. The number of benzene rings is 1. The SMILES string of the molecule is CC(C)(C)OC(=O)N[C@H](c1ccc(Br)cc1)C(C)(C)C(=O)O. The molecule has 1 atom stereocenters. The van der Waals surface area contributed by atoms with Gasteiger partial charge in [0.15, 0.2) is 0 Å². The van der Waals surface area contributed by atoms with Gasteiger partial charge in [0.1, 0.15) is 5.60 Å². The van der Waals surface area contributed by atoms with Crippen molar-refractivity contribution in [2.75, 3.05) is 0 Å². The Labute approximate surface area is 139 Å². The van der Waals surface area contributed by atoms with E-state index in [0.29, 0.717) is 5.56 Å². The number of ether oxygens (including phenoxy) is 1. The summed E-state index contributed by atoms with van der Waals surface area (Å²) in [6.07, 6.45) is -0.644. The molecule has 0 aliphatic rings. The van der Waals surface area contributed by atoms with Gasteiger partial charge in [-0.1, -0.05) is 28.1 Å². The first-order chi connectivity index (χ1) is 9.93. The number of carboxylic acid groups (broad SMARTS) is 1. The Morgan fingerprint density at radius 1 is 1.14 bits per heavy atom. The second kappa shape index (κ2) is 6.69. The predicted octanol–water partition coefficient (Wildman–Crippen LogP) is 4.13. The van der Waals surface area contributed by atoms with E-state index < -0.39 is 29.1 Å². The zero-order chi connectivity index (χ0) is 17.1. The van der Waals surface area contributed by atoms with Gasteiger partial charge in [0, 0.05) is 4.47 Å². The second-order valence-corrected chi connectivity index (χ2v) is 7.57. The van der Waals surface area contributed by atoms with Gasteiger partial charge in [0.25, 0.3) is 0 Å². The third-order valence-corrected chi connectivity index (χ3v) is 3.67. The Morgan fingerprint density at radius 2 is 1.64 bits per heavy atom. The summed E-state index contributed by atoms with van der Waals surface area (Å²) in [5.74, 6) is -1.00. The van der Waals surface area contributed by atoms with Crippen LogP contribution in [0.15, 0.2) is 28.7 Å². The van der Waals surface area contributed by atoms with E-state index in [9.17, 15) is 14.7 Å². The zero-order valence-electron chi connectivity index (χ0n) is 13.4. The first-order valence-corrected chi connectivity index (χ1v) is 7.71. The molecule has 0 saturated carbocycles. The third-order valence-electron chi connectivity index (χ3n) is 3.14. The summed E-state index contributed by atoms with van der Waals surface area (Å²) < 4.78 is 6.11. The number of amides is 1. The Bertz CT molecular complexity index is 546. The maximum Gasteiger partial charge on any atom is 0.408 e. The smallest absolute Gasteiger partial charge is 0.408 e. The minimum absolute atomic E-state index is 0.644. The summed E-state index contributed by atoms with van der Waals surface area (Å²) in [4.78, 5) is 23.6. The van der Waals surface area contributed by atoms with Gasteiger partial charge >= 0.3 is 12.1 Å². The molecule has 0 aliphatic carbocycles. The Morgan fingerprint density at radius 3 is 2.05 bits per heavy atom. The highest BCUT2D eigenvalue weighted by Crippen LogP contribution is 2.34. The monoisotopic (exact) mass is 371 g/mol. The quantitative estimate of drug-likeness (QED) is 0.834. The van der Waals surface area contributed by atoms with Crippen LogP contribution in [0, 0.1) is 5.41 Å². The minimum atomic E-state index is -1.19. The van der Waals surface area contributed by atoms with Gasteiger partial charge in [0.2, 0.25) is 0 Å². The molecule has 1 aromatic rings. The number of nitrogens with one attached hydrogen (secondary N) is 1. The highest BCUT2D eigenvalue weighted by Gasteiger charge is 2.39. The molecule has 2 N–H and O–H groups in total. The second-order valence-electron chi connectivity index (χ2n) is 6.66. The van der Waals surface area contributed by atoms with Crippen LogP contribution in [0.2, 0.25) is 0 Å². The molecule has 5 nitrogen and oxygen atoms in total. The summed E-state index contributed by atoms with van der Waals surface area (Å²) >= 11 is 3.34. The standard InChI is InChI=1S/C16H22BrNO4/c1-15(2,3)22-14(21)18-12(16(4,5)13(19)20)10-6-8-11(17)9-7-10/h6-9,12H,1-5H3,(H,18,21)(H,19,20)/t12-/m1/s1. The molecule has 0 fully saturated rings. The van der Waals surface area contributed by atoms with Crippen LogP contribution in [0.1, 0.15) is 46.2 Å². The lowest BCUT2D eigenvalue weighted by atomic mass is 9.80. The van der Waals surface area contributed by atoms with Crippen LogP contribution in [-0.4, -0.2) is 22.8 Å². The number of carbonyl (C=O) groups excluding carboxylic acids is 1. The van der Waals surface area contributed by atoms with Crippen LogP contribution in [0.3, 0.4) is 0 Å². The molecule has 0 aliphatic heterocycles. The number of carboxylic acids is 1. The number of carbonyl (C=O) groups is 2. The van der Waals surface area contributed by atoms with Gasteiger partial charge in [-0.3, -0.25) is 4.79 Å². The van der Waals surface area contributed by atoms with Crippen LogP contribution >= 0.6 is 15.9 Å². The molecule has 6 heteroatoms. The number of hydrogen-bond donors (Lipinski definition) is 2. The van der Waals surface area contributed by atoms with Crippen LogP contribution in [-0.2, 0) is 9.53 Å². The van der Waals surface area contributed by atoms with E-state index in [1.54, 1.807) is 58.9 Å². The van der Waals surface area contributed by atoms with Gasteiger partial charge in [-0.15, -0.1) is 0 Å². The fourth-order valence-corrected chi connectivity index (χ4v) is 2.15. The Hall–Kier alpha value is -1.56. The number of rotatable bonds is 4. The van der Waals surface area contributed by atoms with Gasteiger partial charge < -0.3 is 15.2 Å². The van der Waals surface area contributed by atoms with Crippen molar-refractivity contribution in [3.8, 4) is 0 Å². The van der Waals surface area contributed by atoms with Crippen molar-refractivity contribution < 1.29 is 19.4 Å². The molecule has 1 aromatic carbocycles. The molecular formula is C16H22BrNO4. The molecule has 0 aromatic heterocycles. The van der Waals surface area contributed by atoms with Crippen molar-refractivity contribution in [1.82, 2.24) is 5.32 Å². The summed E-state index contributed by atoms with van der Waals surface area (Å²) in [6, 6.07) is 6.44. The van der Waals surface area contributed by atoms with Gasteiger partial charge in [-0.05, 0) is 52.3 Å².